The molecule has 2 aliphatic rings. The van der Waals surface area contributed by atoms with Crippen LogP contribution in [0, 0.1) is 18.8 Å². The van der Waals surface area contributed by atoms with E-state index in [1.54, 1.807) is 17.5 Å². The summed E-state index contributed by atoms with van der Waals surface area (Å²) < 4.78 is 0. The van der Waals surface area contributed by atoms with Gasteiger partial charge in [-0.25, -0.2) is 15.0 Å². The molecule has 1 saturated carbocycles. The molecule has 170 valence electrons. The van der Waals surface area contributed by atoms with Crippen LogP contribution in [-0.4, -0.2) is 44.9 Å². The van der Waals surface area contributed by atoms with Gasteiger partial charge in [-0.15, -0.1) is 11.3 Å². The second-order valence-corrected chi connectivity index (χ2v) is 10.2. The first kappa shape index (κ1) is 21.0. The molecule has 3 unspecified atom stereocenters. The van der Waals surface area contributed by atoms with E-state index < -0.39 is 0 Å². The van der Waals surface area contributed by atoms with Crippen molar-refractivity contribution < 1.29 is 4.79 Å². The molecular formula is C27H25N5OS. The van der Waals surface area contributed by atoms with Gasteiger partial charge in [0.2, 0.25) is 5.95 Å². The third-order valence-electron chi connectivity index (χ3n) is 6.73. The van der Waals surface area contributed by atoms with Gasteiger partial charge in [-0.3, -0.25) is 4.79 Å². The molecular weight excluding hydrogens is 442 g/mol. The molecule has 3 heterocycles. The summed E-state index contributed by atoms with van der Waals surface area (Å²) in [6.45, 7) is 3.39. The molecule has 1 saturated heterocycles. The fourth-order valence-corrected chi connectivity index (χ4v) is 5.89. The van der Waals surface area contributed by atoms with Gasteiger partial charge >= 0.3 is 0 Å². The van der Waals surface area contributed by atoms with Crippen LogP contribution in [0.3, 0.4) is 0 Å². The maximum atomic E-state index is 13.7. The second-order valence-electron chi connectivity index (χ2n) is 8.97. The maximum absolute atomic E-state index is 13.7. The number of hydrogen-bond acceptors (Lipinski definition) is 6. The Kier molecular flexibility index (Phi) is 5.34. The first-order valence-electron chi connectivity index (χ1n) is 11.6. The Hall–Kier alpha value is -3.58. The van der Waals surface area contributed by atoms with Gasteiger partial charge < -0.3 is 10.2 Å². The highest BCUT2D eigenvalue weighted by Crippen LogP contribution is 2.50. The van der Waals surface area contributed by atoms with Crippen LogP contribution in [-0.2, 0) is 0 Å². The number of carbonyl (C=O) groups is 1. The van der Waals surface area contributed by atoms with Crippen molar-refractivity contribution >= 4 is 23.2 Å². The van der Waals surface area contributed by atoms with Crippen LogP contribution in [0.15, 0.2) is 72.9 Å². The molecule has 2 fully saturated rings. The first-order chi connectivity index (χ1) is 16.7. The van der Waals surface area contributed by atoms with Gasteiger partial charge in [0.1, 0.15) is 5.69 Å². The summed E-state index contributed by atoms with van der Waals surface area (Å²) in [4.78, 5) is 30.4. The highest BCUT2D eigenvalue weighted by molar-refractivity contribution is 7.15. The van der Waals surface area contributed by atoms with E-state index in [0.717, 1.165) is 33.3 Å². The van der Waals surface area contributed by atoms with Gasteiger partial charge in [0.15, 0.2) is 0 Å². The van der Waals surface area contributed by atoms with Crippen molar-refractivity contribution in [3.63, 3.8) is 0 Å². The number of likely N-dealkylation sites (tertiary alicyclic amines) is 1. The lowest BCUT2D eigenvalue weighted by Crippen LogP contribution is -2.42. The summed E-state index contributed by atoms with van der Waals surface area (Å²) in [5.41, 5.74) is 3.55. The zero-order valence-electron chi connectivity index (χ0n) is 18.9. The molecule has 1 aliphatic heterocycles. The van der Waals surface area contributed by atoms with Gasteiger partial charge in [0.25, 0.3) is 5.91 Å². The summed E-state index contributed by atoms with van der Waals surface area (Å²) in [5.74, 6) is 1.74. The van der Waals surface area contributed by atoms with Gasteiger partial charge in [0.05, 0.1) is 21.6 Å². The summed E-state index contributed by atoms with van der Waals surface area (Å²) in [5, 5.41) is 4.32. The highest BCUT2D eigenvalue weighted by atomic mass is 32.1. The maximum Gasteiger partial charge on any atom is 0.274 e. The number of hydrogen-bond donors (Lipinski definition) is 1. The lowest BCUT2D eigenvalue weighted by atomic mass is 10.1. The number of aromatic nitrogens is 3. The number of piperidine rings is 1. The number of amides is 1. The van der Waals surface area contributed by atoms with Crippen molar-refractivity contribution in [3.8, 4) is 21.7 Å². The Labute approximate surface area is 202 Å². The topological polar surface area (TPSA) is 71.0 Å². The molecule has 0 bridgehead atoms. The standard InChI is InChI=1S/C27H25N5OS/c1-17-30-24(25(34-17)19-10-6-3-7-11-19)26(33)32-16-20-14-21(20)23(32)15-29-27-28-13-12-22(31-27)18-8-4-2-5-9-18/h2-13,20-21,23H,14-16H2,1H3,(H,28,29,31). The van der Waals surface area contributed by atoms with E-state index in [4.69, 9.17) is 4.98 Å². The molecule has 2 aromatic heterocycles. The Bertz CT molecular complexity index is 1320. The number of fused-ring (bicyclic) bond motifs is 1. The third-order valence-corrected chi connectivity index (χ3v) is 7.75. The molecule has 6 rings (SSSR count). The minimum Gasteiger partial charge on any atom is -0.352 e. The number of benzene rings is 2. The van der Waals surface area contributed by atoms with Crippen LogP contribution in [0.25, 0.3) is 21.7 Å². The van der Waals surface area contributed by atoms with E-state index in [-0.39, 0.29) is 11.9 Å². The van der Waals surface area contributed by atoms with Crippen LogP contribution in [0.2, 0.25) is 0 Å². The SMILES string of the molecule is Cc1nc(C(=O)N2CC3CC3C2CNc2nccc(-c3ccccc3)n2)c(-c2ccccc2)s1. The number of rotatable bonds is 6. The van der Waals surface area contributed by atoms with Gasteiger partial charge in [-0.2, -0.15) is 0 Å². The number of aryl methyl sites for hydroxylation is 1. The van der Waals surface area contributed by atoms with E-state index in [2.05, 4.69) is 15.3 Å². The quantitative estimate of drug-likeness (QED) is 0.425. The van der Waals surface area contributed by atoms with Gasteiger partial charge in [0, 0.05) is 24.8 Å². The van der Waals surface area contributed by atoms with Crippen molar-refractivity contribution in [2.45, 2.75) is 19.4 Å². The Morgan fingerprint density at radius 1 is 1.03 bits per heavy atom. The third kappa shape index (κ3) is 3.96. The van der Waals surface area contributed by atoms with E-state index in [1.807, 2.05) is 78.6 Å². The Balaban J connectivity index is 1.21. The van der Waals surface area contributed by atoms with E-state index in [9.17, 15) is 4.79 Å². The normalized spacial score (nSPS) is 20.7. The minimum atomic E-state index is 0.0288. The lowest BCUT2D eigenvalue weighted by molar-refractivity contribution is 0.0711. The zero-order valence-corrected chi connectivity index (χ0v) is 19.7. The van der Waals surface area contributed by atoms with Crippen molar-refractivity contribution in [2.75, 3.05) is 18.4 Å². The largest absolute Gasteiger partial charge is 0.352 e. The smallest absolute Gasteiger partial charge is 0.274 e. The van der Waals surface area contributed by atoms with Gasteiger partial charge in [-0.1, -0.05) is 60.7 Å². The van der Waals surface area contributed by atoms with Crippen molar-refractivity contribution in [1.82, 2.24) is 19.9 Å². The fraction of sp³-hybridized carbons (Fsp3) is 0.259. The predicted octanol–water partition coefficient (Wildman–Crippen LogP) is 5.15. The van der Waals surface area contributed by atoms with E-state index in [1.165, 1.54) is 6.42 Å². The molecule has 1 N–H and O–H groups in total. The summed E-state index contributed by atoms with van der Waals surface area (Å²) in [6.07, 6.45) is 2.96. The molecule has 34 heavy (non-hydrogen) atoms. The van der Waals surface area contributed by atoms with Crippen LogP contribution < -0.4 is 5.32 Å². The monoisotopic (exact) mass is 467 g/mol. The molecule has 0 spiro atoms. The average Bonchev–Trinajstić information content (AvgIpc) is 3.40. The predicted molar refractivity (Wildman–Crippen MR) is 135 cm³/mol. The molecule has 1 aliphatic carbocycles. The second kappa shape index (κ2) is 8.65. The molecule has 0 radical (unpaired) electrons. The Morgan fingerprint density at radius 3 is 2.53 bits per heavy atom. The van der Waals surface area contributed by atoms with Crippen LogP contribution in [0.5, 0.6) is 0 Å². The van der Waals surface area contributed by atoms with Crippen LogP contribution in [0.4, 0.5) is 5.95 Å². The Morgan fingerprint density at radius 2 is 1.76 bits per heavy atom. The summed E-state index contributed by atoms with van der Waals surface area (Å²) in [6, 6.07) is 22.2. The highest BCUT2D eigenvalue weighted by Gasteiger charge is 2.54. The average molecular weight is 468 g/mol. The number of thiazole rings is 1. The molecule has 7 heteroatoms. The van der Waals surface area contributed by atoms with Crippen LogP contribution in [0.1, 0.15) is 21.9 Å². The van der Waals surface area contributed by atoms with Gasteiger partial charge in [-0.05, 0) is 36.8 Å². The molecule has 3 atom stereocenters. The van der Waals surface area contributed by atoms with Crippen molar-refractivity contribution in [3.05, 3.63) is 83.6 Å². The van der Waals surface area contributed by atoms with Crippen molar-refractivity contribution in [2.24, 2.45) is 11.8 Å². The fourth-order valence-electron chi connectivity index (χ4n) is 4.97. The first-order valence-corrected chi connectivity index (χ1v) is 12.4. The molecule has 6 nitrogen and oxygen atoms in total. The zero-order chi connectivity index (χ0) is 23.1. The molecule has 4 aromatic rings. The van der Waals surface area contributed by atoms with Crippen molar-refractivity contribution in [1.29, 1.82) is 0 Å². The minimum absolute atomic E-state index is 0.0288. The number of nitrogens with zero attached hydrogens (tertiary/aromatic N) is 4. The summed E-state index contributed by atoms with van der Waals surface area (Å²) >= 11 is 1.58. The number of carbonyl (C=O) groups excluding carboxylic acids is 1. The number of nitrogens with one attached hydrogen (secondary N) is 1. The summed E-state index contributed by atoms with van der Waals surface area (Å²) in [7, 11) is 0. The van der Waals surface area contributed by atoms with E-state index >= 15 is 0 Å². The lowest BCUT2D eigenvalue weighted by Gasteiger charge is -2.27. The van der Waals surface area contributed by atoms with Crippen LogP contribution >= 0.6 is 11.3 Å². The molecule has 1 amide bonds. The number of anilines is 1. The molecule has 2 aromatic carbocycles. The van der Waals surface area contributed by atoms with E-state index in [0.29, 0.717) is 30.0 Å².